The lowest BCUT2D eigenvalue weighted by atomic mass is 9.64. The summed E-state index contributed by atoms with van der Waals surface area (Å²) in [6.45, 7) is 2.92. The molecule has 140 valence electrons. The van der Waals surface area contributed by atoms with E-state index in [9.17, 15) is 9.90 Å². The summed E-state index contributed by atoms with van der Waals surface area (Å²) in [6, 6.07) is 21.5. The lowest BCUT2D eigenvalue weighted by molar-refractivity contribution is -0.151. The molecule has 2 aromatic rings. The van der Waals surface area contributed by atoms with Crippen LogP contribution in [0.2, 0.25) is 0 Å². The molecule has 27 heavy (non-hydrogen) atoms. The Morgan fingerprint density at radius 2 is 1.70 bits per heavy atom. The Morgan fingerprint density at radius 1 is 1.07 bits per heavy atom. The molecule has 3 heteroatoms. The molecule has 3 aliphatic rings. The first-order valence-corrected chi connectivity index (χ1v) is 9.89. The lowest BCUT2D eigenvalue weighted by Crippen LogP contribution is -2.61. The van der Waals surface area contributed by atoms with Gasteiger partial charge in [-0.1, -0.05) is 72.3 Å². The summed E-state index contributed by atoms with van der Waals surface area (Å²) in [5.41, 5.74) is 4.03. The molecular formula is C24H27NO2. The van der Waals surface area contributed by atoms with Gasteiger partial charge in [-0.05, 0) is 43.2 Å². The van der Waals surface area contributed by atoms with Gasteiger partial charge in [0.25, 0.3) is 0 Å². The summed E-state index contributed by atoms with van der Waals surface area (Å²) in [5.74, 6) is -0.587. The standard InChI is InChI=1S/C24H27NO2/c1-2-19-14-23-21(24(26)27)15-20(19)22(13-17-9-5-3-6-10-17)25(23)16-18-11-7-4-8-12-18/h2-12,20-23H,13-16H2,1H3,(H,26,27). The maximum absolute atomic E-state index is 12.0. The molecule has 3 nitrogen and oxygen atoms in total. The highest BCUT2D eigenvalue weighted by atomic mass is 16.4. The van der Waals surface area contributed by atoms with Crippen molar-refractivity contribution in [3.63, 3.8) is 0 Å². The quantitative estimate of drug-likeness (QED) is 0.795. The average molecular weight is 361 g/mol. The largest absolute Gasteiger partial charge is 0.481 e. The highest BCUT2D eigenvalue weighted by molar-refractivity contribution is 5.72. The van der Waals surface area contributed by atoms with Crippen LogP contribution >= 0.6 is 0 Å². The van der Waals surface area contributed by atoms with Crippen LogP contribution in [0.1, 0.15) is 30.9 Å². The van der Waals surface area contributed by atoms with Gasteiger partial charge in [0.2, 0.25) is 0 Å². The molecule has 1 aliphatic carbocycles. The fourth-order valence-electron chi connectivity index (χ4n) is 5.09. The third kappa shape index (κ3) is 3.57. The molecule has 2 saturated heterocycles. The van der Waals surface area contributed by atoms with Gasteiger partial charge in [-0.3, -0.25) is 9.69 Å². The minimum atomic E-state index is -0.642. The Morgan fingerprint density at radius 3 is 2.30 bits per heavy atom. The van der Waals surface area contributed by atoms with Crippen LogP contribution in [0, 0.1) is 11.8 Å². The summed E-state index contributed by atoms with van der Waals surface area (Å²) in [6.07, 6.45) is 4.85. The molecule has 2 aromatic carbocycles. The summed E-state index contributed by atoms with van der Waals surface area (Å²) >= 11 is 0. The van der Waals surface area contributed by atoms with Crippen LogP contribution in [0.5, 0.6) is 0 Å². The normalized spacial score (nSPS) is 29.1. The van der Waals surface area contributed by atoms with Gasteiger partial charge in [0.1, 0.15) is 0 Å². The molecule has 2 bridgehead atoms. The zero-order valence-electron chi connectivity index (χ0n) is 15.8. The van der Waals surface area contributed by atoms with Crippen LogP contribution in [0.3, 0.4) is 0 Å². The predicted octanol–water partition coefficient (Wildman–Crippen LogP) is 4.54. The van der Waals surface area contributed by atoms with E-state index in [2.05, 4.69) is 72.5 Å². The molecule has 4 unspecified atom stereocenters. The van der Waals surface area contributed by atoms with Gasteiger partial charge < -0.3 is 5.11 Å². The molecule has 4 atom stereocenters. The van der Waals surface area contributed by atoms with Crippen molar-refractivity contribution >= 4 is 5.97 Å². The van der Waals surface area contributed by atoms with Gasteiger partial charge in [-0.15, -0.1) is 0 Å². The van der Waals surface area contributed by atoms with E-state index in [0.717, 1.165) is 25.8 Å². The highest BCUT2D eigenvalue weighted by Gasteiger charge is 2.51. The molecule has 2 aliphatic heterocycles. The first-order chi connectivity index (χ1) is 13.2. The number of fused-ring (bicyclic) bond motifs is 3. The molecule has 0 radical (unpaired) electrons. The second-order valence-corrected chi connectivity index (χ2v) is 7.84. The summed E-state index contributed by atoms with van der Waals surface area (Å²) < 4.78 is 0. The Kier molecular flexibility index (Phi) is 5.13. The van der Waals surface area contributed by atoms with Crippen LogP contribution in [0.25, 0.3) is 0 Å². The van der Waals surface area contributed by atoms with Gasteiger partial charge in [-0.25, -0.2) is 0 Å². The van der Waals surface area contributed by atoms with Crippen molar-refractivity contribution in [1.82, 2.24) is 4.90 Å². The van der Waals surface area contributed by atoms with E-state index >= 15 is 0 Å². The fourth-order valence-corrected chi connectivity index (χ4v) is 5.09. The van der Waals surface area contributed by atoms with Crippen molar-refractivity contribution in [1.29, 1.82) is 0 Å². The third-order valence-corrected chi connectivity index (χ3v) is 6.39. The number of piperidine rings is 2. The second kappa shape index (κ2) is 7.69. The number of carboxylic acid groups (broad SMARTS) is 1. The van der Waals surface area contributed by atoms with E-state index < -0.39 is 5.97 Å². The van der Waals surface area contributed by atoms with Gasteiger partial charge in [0.05, 0.1) is 5.92 Å². The fraction of sp³-hybridized carbons (Fsp3) is 0.375. The maximum atomic E-state index is 12.0. The number of allylic oxidation sites excluding steroid dienone is 1. The van der Waals surface area contributed by atoms with Crippen LogP contribution in [-0.2, 0) is 17.8 Å². The number of nitrogens with zero attached hydrogens (tertiary/aromatic N) is 1. The van der Waals surface area contributed by atoms with Crippen molar-refractivity contribution in [2.24, 2.45) is 11.8 Å². The molecule has 3 fully saturated rings. The predicted molar refractivity (Wildman–Crippen MR) is 107 cm³/mol. The summed E-state index contributed by atoms with van der Waals surface area (Å²) in [4.78, 5) is 14.4. The van der Waals surface area contributed by atoms with Crippen LogP contribution in [0.15, 0.2) is 72.3 Å². The van der Waals surface area contributed by atoms with Crippen LogP contribution in [-0.4, -0.2) is 28.1 Å². The zero-order chi connectivity index (χ0) is 18.8. The number of hydrogen-bond donors (Lipinski definition) is 1. The van der Waals surface area contributed by atoms with E-state index in [4.69, 9.17) is 0 Å². The third-order valence-electron chi connectivity index (χ3n) is 6.39. The molecule has 2 heterocycles. The number of carboxylic acids is 1. The van der Waals surface area contributed by atoms with Crippen LogP contribution in [0.4, 0.5) is 0 Å². The highest BCUT2D eigenvalue weighted by Crippen LogP contribution is 2.47. The van der Waals surface area contributed by atoms with E-state index in [1.54, 1.807) is 0 Å². The smallest absolute Gasteiger partial charge is 0.308 e. The molecule has 5 rings (SSSR count). The molecular weight excluding hydrogens is 334 g/mol. The van der Waals surface area contributed by atoms with Crippen molar-refractivity contribution < 1.29 is 9.90 Å². The molecule has 0 amide bonds. The van der Waals surface area contributed by atoms with Crippen molar-refractivity contribution in [3.8, 4) is 0 Å². The average Bonchev–Trinajstić information content (AvgIpc) is 2.71. The Hall–Kier alpha value is -2.39. The van der Waals surface area contributed by atoms with Crippen LogP contribution < -0.4 is 0 Å². The molecule has 1 saturated carbocycles. The van der Waals surface area contributed by atoms with Crippen molar-refractivity contribution in [2.45, 2.75) is 44.8 Å². The van der Waals surface area contributed by atoms with Crippen molar-refractivity contribution in [2.75, 3.05) is 0 Å². The minimum absolute atomic E-state index is 0.0765. The topological polar surface area (TPSA) is 40.5 Å². The first kappa shape index (κ1) is 18.0. The number of rotatable bonds is 5. The van der Waals surface area contributed by atoms with E-state index in [1.807, 2.05) is 6.07 Å². The maximum Gasteiger partial charge on any atom is 0.308 e. The SMILES string of the molecule is CC=C1CC2C(C(=O)O)CC1C(Cc1ccccc1)N2Cc1ccccc1. The number of hydrogen-bond acceptors (Lipinski definition) is 2. The second-order valence-electron chi connectivity index (χ2n) is 7.84. The Balaban J connectivity index is 1.69. The van der Waals surface area contributed by atoms with Gasteiger partial charge in [0, 0.05) is 18.6 Å². The molecule has 0 spiro atoms. The first-order valence-electron chi connectivity index (χ1n) is 9.89. The van der Waals surface area contributed by atoms with Gasteiger partial charge in [0.15, 0.2) is 0 Å². The molecule has 1 N–H and O–H groups in total. The monoisotopic (exact) mass is 361 g/mol. The summed E-state index contributed by atoms with van der Waals surface area (Å²) in [7, 11) is 0. The van der Waals surface area contributed by atoms with Gasteiger partial charge in [-0.2, -0.15) is 0 Å². The lowest BCUT2D eigenvalue weighted by Gasteiger charge is -2.55. The van der Waals surface area contributed by atoms with Crippen molar-refractivity contribution in [3.05, 3.63) is 83.4 Å². The molecule has 0 aromatic heterocycles. The summed E-state index contributed by atoms with van der Waals surface area (Å²) in [5, 5.41) is 9.83. The number of aliphatic carboxylic acids is 1. The minimum Gasteiger partial charge on any atom is -0.481 e. The van der Waals surface area contributed by atoms with E-state index in [0.29, 0.717) is 12.0 Å². The van der Waals surface area contributed by atoms with E-state index in [1.165, 1.54) is 16.7 Å². The Bertz CT molecular complexity index is 815. The number of carbonyl (C=O) groups is 1. The van der Waals surface area contributed by atoms with Gasteiger partial charge >= 0.3 is 5.97 Å². The Labute approximate surface area is 161 Å². The zero-order valence-corrected chi connectivity index (χ0v) is 15.8. The number of benzene rings is 2. The van der Waals surface area contributed by atoms with E-state index in [-0.39, 0.29) is 12.0 Å².